The van der Waals surface area contributed by atoms with Crippen LogP contribution >= 0.6 is 35.7 Å². The van der Waals surface area contributed by atoms with E-state index < -0.39 is 0 Å². The van der Waals surface area contributed by atoms with Crippen molar-refractivity contribution in [2.75, 3.05) is 52.8 Å². The lowest BCUT2D eigenvalue weighted by molar-refractivity contribution is 0.0794. The predicted molar refractivity (Wildman–Crippen MR) is 138 cm³/mol. The van der Waals surface area contributed by atoms with E-state index in [0.717, 1.165) is 76.0 Å². The molecular formula is C22H38IN3O3S. The van der Waals surface area contributed by atoms with Crippen molar-refractivity contribution in [2.45, 2.75) is 44.3 Å². The highest BCUT2D eigenvalue weighted by molar-refractivity contribution is 14.0. The quantitative estimate of drug-likeness (QED) is 0.187. The Bertz CT molecular complexity index is 640. The van der Waals surface area contributed by atoms with E-state index in [1.165, 1.54) is 5.56 Å². The Hall–Kier alpha value is -0.870. The average molecular weight is 552 g/mol. The van der Waals surface area contributed by atoms with Gasteiger partial charge in [-0.25, -0.2) is 0 Å². The summed E-state index contributed by atoms with van der Waals surface area (Å²) in [7, 11) is 1.67. The summed E-state index contributed by atoms with van der Waals surface area (Å²) >= 11 is 1.92. The van der Waals surface area contributed by atoms with Crippen LogP contribution in [0.5, 0.6) is 11.5 Å². The average Bonchev–Trinajstić information content (AvgIpc) is 2.76. The van der Waals surface area contributed by atoms with Gasteiger partial charge >= 0.3 is 0 Å². The molecular weight excluding hydrogens is 513 g/mol. The van der Waals surface area contributed by atoms with Gasteiger partial charge in [0.1, 0.15) is 0 Å². The molecule has 0 aliphatic carbocycles. The largest absolute Gasteiger partial charge is 0.493 e. The lowest BCUT2D eigenvalue weighted by Gasteiger charge is -2.34. The van der Waals surface area contributed by atoms with Crippen LogP contribution in [-0.2, 0) is 11.2 Å². The SMILES string of the molecule is CCNC(=NCC1(SC)CCOCC1)NCCCc1ccc(OC)c(OCC)c1.I. The van der Waals surface area contributed by atoms with Crippen molar-refractivity contribution in [1.29, 1.82) is 0 Å². The van der Waals surface area contributed by atoms with Crippen molar-refractivity contribution >= 4 is 41.7 Å². The van der Waals surface area contributed by atoms with Crippen LogP contribution < -0.4 is 20.1 Å². The van der Waals surface area contributed by atoms with E-state index in [1.54, 1.807) is 7.11 Å². The minimum Gasteiger partial charge on any atom is -0.493 e. The smallest absolute Gasteiger partial charge is 0.191 e. The topological polar surface area (TPSA) is 64.1 Å². The first-order valence-corrected chi connectivity index (χ1v) is 11.8. The molecule has 1 aromatic carbocycles. The Labute approximate surface area is 203 Å². The molecule has 0 atom stereocenters. The van der Waals surface area contributed by atoms with Crippen molar-refractivity contribution < 1.29 is 14.2 Å². The van der Waals surface area contributed by atoms with Gasteiger partial charge in [-0.2, -0.15) is 11.8 Å². The molecule has 2 N–H and O–H groups in total. The van der Waals surface area contributed by atoms with Crippen molar-refractivity contribution in [2.24, 2.45) is 4.99 Å². The fourth-order valence-electron chi connectivity index (χ4n) is 3.38. The normalized spacial score (nSPS) is 15.8. The zero-order chi connectivity index (χ0) is 21.0. The summed E-state index contributed by atoms with van der Waals surface area (Å²) < 4.78 is 16.8. The van der Waals surface area contributed by atoms with E-state index in [-0.39, 0.29) is 28.7 Å². The van der Waals surface area contributed by atoms with E-state index in [1.807, 2.05) is 24.8 Å². The molecule has 1 aliphatic rings. The summed E-state index contributed by atoms with van der Waals surface area (Å²) in [4.78, 5) is 4.87. The number of ether oxygens (including phenoxy) is 3. The van der Waals surface area contributed by atoms with Crippen LogP contribution in [0, 0.1) is 0 Å². The number of aryl methyl sites for hydroxylation is 1. The second-order valence-corrected chi connectivity index (χ2v) is 8.42. The third-order valence-corrected chi connectivity index (χ3v) is 6.57. The summed E-state index contributed by atoms with van der Waals surface area (Å²) in [5, 5.41) is 6.84. The molecule has 1 aromatic rings. The summed E-state index contributed by atoms with van der Waals surface area (Å²) in [5.41, 5.74) is 1.25. The zero-order valence-electron chi connectivity index (χ0n) is 18.8. The maximum Gasteiger partial charge on any atom is 0.191 e. The summed E-state index contributed by atoms with van der Waals surface area (Å²) in [6.07, 6.45) is 6.31. The Morgan fingerprint density at radius 1 is 1.20 bits per heavy atom. The molecule has 0 bridgehead atoms. The van der Waals surface area contributed by atoms with Gasteiger partial charge in [-0.3, -0.25) is 4.99 Å². The van der Waals surface area contributed by atoms with Gasteiger partial charge in [0.05, 0.1) is 20.3 Å². The van der Waals surface area contributed by atoms with Crippen molar-refractivity contribution in [1.82, 2.24) is 10.6 Å². The molecule has 172 valence electrons. The third kappa shape index (κ3) is 8.70. The van der Waals surface area contributed by atoms with Gasteiger partial charge in [-0.05, 0) is 63.5 Å². The lowest BCUT2D eigenvalue weighted by atomic mass is 9.99. The van der Waals surface area contributed by atoms with Gasteiger partial charge < -0.3 is 24.8 Å². The molecule has 1 saturated heterocycles. The van der Waals surface area contributed by atoms with E-state index in [9.17, 15) is 0 Å². The number of aliphatic imine (C=N–C) groups is 1. The molecule has 0 saturated carbocycles. The second kappa shape index (κ2) is 15.0. The summed E-state index contributed by atoms with van der Waals surface area (Å²) in [5.74, 6) is 2.50. The Balaban J connectivity index is 0.00000450. The highest BCUT2D eigenvalue weighted by atomic mass is 127. The standard InChI is InChI=1S/C22H37N3O3S.HI/c1-5-23-21(25-17-22(29-4)11-14-27-15-12-22)24-13-7-8-18-9-10-19(26-3)20(16-18)28-6-2;/h9-10,16H,5-8,11-15,17H2,1-4H3,(H2,23,24,25);1H. The van der Waals surface area contributed by atoms with Gasteiger partial charge in [-0.1, -0.05) is 6.07 Å². The number of guanidine groups is 1. The zero-order valence-corrected chi connectivity index (χ0v) is 21.9. The van der Waals surface area contributed by atoms with E-state index >= 15 is 0 Å². The van der Waals surface area contributed by atoms with Crippen LogP contribution in [-0.4, -0.2) is 63.5 Å². The number of hydrogen-bond acceptors (Lipinski definition) is 5. The molecule has 8 heteroatoms. The van der Waals surface area contributed by atoms with Crippen LogP contribution in [0.3, 0.4) is 0 Å². The Morgan fingerprint density at radius 2 is 1.97 bits per heavy atom. The van der Waals surface area contributed by atoms with Gasteiger partial charge in [0, 0.05) is 31.1 Å². The minimum atomic E-state index is 0. The van der Waals surface area contributed by atoms with Crippen molar-refractivity contribution in [3.05, 3.63) is 23.8 Å². The number of nitrogens with zero attached hydrogens (tertiary/aromatic N) is 1. The highest BCUT2D eigenvalue weighted by Gasteiger charge is 2.31. The fourth-order valence-corrected chi connectivity index (χ4v) is 4.15. The monoisotopic (exact) mass is 551 g/mol. The van der Waals surface area contributed by atoms with Crippen LogP contribution in [0.2, 0.25) is 0 Å². The van der Waals surface area contributed by atoms with E-state index in [2.05, 4.69) is 35.9 Å². The first-order valence-electron chi connectivity index (χ1n) is 10.6. The molecule has 0 radical (unpaired) electrons. The Morgan fingerprint density at radius 3 is 2.60 bits per heavy atom. The predicted octanol–water partition coefficient (Wildman–Crippen LogP) is 4.11. The number of thioether (sulfide) groups is 1. The lowest BCUT2D eigenvalue weighted by Crippen LogP contribution is -2.41. The molecule has 6 nitrogen and oxygen atoms in total. The maximum absolute atomic E-state index is 5.67. The van der Waals surface area contributed by atoms with Gasteiger partial charge in [0.2, 0.25) is 0 Å². The molecule has 0 unspecified atom stereocenters. The van der Waals surface area contributed by atoms with Gasteiger partial charge in [0.15, 0.2) is 17.5 Å². The molecule has 0 amide bonds. The molecule has 1 heterocycles. The first kappa shape index (κ1) is 27.2. The molecule has 30 heavy (non-hydrogen) atoms. The number of nitrogens with one attached hydrogen (secondary N) is 2. The van der Waals surface area contributed by atoms with Crippen LogP contribution in [0.25, 0.3) is 0 Å². The fraction of sp³-hybridized carbons (Fsp3) is 0.682. The number of benzene rings is 1. The van der Waals surface area contributed by atoms with Crippen LogP contribution in [0.4, 0.5) is 0 Å². The second-order valence-electron chi connectivity index (χ2n) is 7.14. The number of rotatable bonds is 11. The third-order valence-electron chi connectivity index (χ3n) is 5.17. The molecule has 0 aromatic heterocycles. The number of halogens is 1. The highest BCUT2D eigenvalue weighted by Crippen LogP contribution is 2.34. The summed E-state index contributed by atoms with van der Waals surface area (Å²) in [6, 6.07) is 6.16. The van der Waals surface area contributed by atoms with Crippen molar-refractivity contribution in [3.63, 3.8) is 0 Å². The maximum atomic E-state index is 5.67. The number of methoxy groups -OCH3 is 1. The van der Waals surface area contributed by atoms with Crippen molar-refractivity contribution in [3.8, 4) is 11.5 Å². The molecule has 1 aliphatic heterocycles. The van der Waals surface area contributed by atoms with E-state index in [0.29, 0.717) is 6.61 Å². The molecule has 1 fully saturated rings. The molecule has 0 spiro atoms. The van der Waals surface area contributed by atoms with Gasteiger partial charge in [-0.15, -0.1) is 24.0 Å². The minimum absolute atomic E-state index is 0. The van der Waals surface area contributed by atoms with Crippen LogP contribution in [0.1, 0.15) is 38.7 Å². The Kier molecular flexibility index (Phi) is 13.6. The van der Waals surface area contributed by atoms with Crippen LogP contribution in [0.15, 0.2) is 23.2 Å². The van der Waals surface area contributed by atoms with E-state index in [4.69, 9.17) is 19.2 Å². The molecule has 2 rings (SSSR count). The summed E-state index contributed by atoms with van der Waals surface area (Å²) in [6.45, 7) is 8.95. The van der Waals surface area contributed by atoms with Gasteiger partial charge in [0.25, 0.3) is 0 Å². The number of hydrogen-bond donors (Lipinski definition) is 2. The first-order chi connectivity index (χ1) is 14.2.